The number of carboxylic acid groups (broad SMARTS) is 1. The molecule has 1 aromatic carbocycles. The molecule has 1 saturated carbocycles. The van der Waals surface area contributed by atoms with E-state index in [2.05, 4.69) is 10.6 Å². The number of anilines is 2. The van der Waals surface area contributed by atoms with E-state index in [9.17, 15) is 9.59 Å². The van der Waals surface area contributed by atoms with Crippen LogP contribution < -0.4 is 10.6 Å². The smallest absolute Gasteiger partial charge is 0.307 e. The minimum atomic E-state index is -0.881. The minimum Gasteiger partial charge on any atom is -0.481 e. The van der Waals surface area contributed by atoms with Crippen molar-refractivity contribution in [2.45, 2.75) is 12.8 Å². The highest BCUT2D eigenvalue weighted by Crippen LogP contribution is 2.39. The molecule has 1 heterocycles. The van der Waals surface area contributed by atoms with Crippen molar-refractivity contribution in [3.8, 4) is 0 Å². The molecule has 18 heavy (non-hydrogen) atoms. The summed E-state index contributed by atoms with van der Waals surface area (Å²) in [5, 5.41) is 14.8. The molecule has 1 aliphatic heterocycles. The third kappa shape index (κ3) is 1.92. The first-order chi connectivity index (χ1) is 8.65. The molecular weight excluding hydrogens is 232 g/mol. The maximum Gasteiger partial charge on any atom is 0.307 e. The van der Waals surface area contributed by atoms with Gasteiger partial charge in [-0.3, -0.25) is 9.59 Å². The number of carbonyl (C=O) groups excluding carboxylic acids is 1. The Morgan fingerprint density at radius 3 is 2.89 bits per heavy atom. The predicted octanol–water partition coefficient (Wildman–Crippen LogP) is 1.31. The summed E-state index contributed by atoms with van der Waals surface area (Å²) in [5.74, 6) is -1.93. The molecule has 5 heteroatoms. The molecule has 1 amide bonds. The van der Waals surface area contributed by atoms with Crippen molar-refractivity contribution in [2.24, 2.45) is 11.8 Å². The Kier molecular flexibility index (Phi) is 2.47. The molecule has 1 aliphatic carbocycles. The Labute approximate surface area is 104 Å². The van der Waals surface area contributed by atoms with Gasteiger partial charge >= 0.3 is 5.97 Å². The number of benzene rings is 1. The lowest BCUT2D eigenvalue weighted by Gasteiger charge is -2.06. The normalized spacial score (nSPS) is 24.0. The summed E-state index contributed by atoms with van der Waals surface area (Å²) in [7, 11) is 0. The first-order valence-electron chi connectivity index (χ1n) is 6.05. The fraction of sp³-hybridized carbons (Fsp3) is 0.385. The van der Waals surface area contributed by atoms with Gasteiger partial charge in [-0.2, -0.15) is 0 Å². The van der Waals surface area contributed by atoms with Crippen molar-refractivity contribution in [3.63, 3.8) is 0 Å². The zero-order valence-electron chi connectivity index (χ0n) is 9.77. The highest BCUT2D eigenvalue weighted by molar-refractivity contribution is 5.98. The maximum atomic E-state index is 11.8. The van der Waals surface area contributed by atoms with Gasteiger partial charge in [0.1, 0.15) is 0 Å². The summed E-state index contributed by atoms with van der Waals surface area (Å²) in [5.41, 5.74) is 3.06. The summed E-state index contributed by atoms with van der Waals surface area (Å²) in [4.78, 5) is 22.5. The van der Waals surface area contributed by atoms with Crippen molar-refractivity contribution in [2.75, 3.05) is 17.2 Å². The third-order valence-corrected chi connectivity index (χ3v) is 3.53. The molecule has 0 saturated heterocycles. The topological polar surface area (TPSA) is 78.4 Å². The maximum absolute atomic E-state index is 11.8. The number of aliphatic carboxylic acids is 1. The lowest BCUT2D eigenvalue weighted by Crippen LogP contribution is -2.16. The third-order valence-electron chi connectivity index (χ3n) is 3.53. The molecule has 94 valence electrons. The van der Waals surface area contributed by atoms with Crippen LogP contribution in [0.4, 0.5) is 11.4 Å². The van der Waals surface area contributed by atoms with Crippen molar-refractivity contribution < 1.29 is 14.7 Å². The molecule has 5 nitrogen and oxygen atoms in total. The van der Waals surface area contributed by atoms with E-state index in [0.717, 1.165) is 24.3 Å². The van der Waals surface area contributed by atoms with Crippen LogP contribution in [0, 0.1) is 11.8 Å². The fourth-order valence-electron chi connectivity index (χ4n) is 2.38. The van der Waals surface area contributed by atoms with Gasteiger partial charge < -0.3 is 15.7 Å². The van der Waals surface area contributed by atoms with Crippen LogP contribution in [0.25, 0.3) is 0 Å². The molecule has 1 aromatic rings. The Morgan fingerprint density at radius 1 is 1.33 bits per heavy atom. The number of hydrogen-bond acceptors (Lipinski definition) is 3. The lowest BCUT2D eigenvalue weighted by atomic mass is 10.1. The minimum absolute atomic E-state index is 0.187. The van der Waals surface area contributed by atoms with Gasteiger partial charge in [0.2, 0.25) is 5.91 Å². The van der Waals surface area contributed by atoms with E-state index in [0.29, 0.717) is 6.42 Å². The summed E-state index contributed by atoms with van der Waals surface area (Å²) in [6.07, 6.45) is 1.41. The van der Waals surface area contributed by atoms with E-state index in [-0.39, 0.29) is 11.8 Å². The number of nitrogens with one attached hydrogen (secondary N) is 2. The Balaban J connectivity index is 1.67. The molecule has 3 N–H and O–H groups in total. The van der Waals surface area contributed by atoms with E-state index in [1.807, 2.05) is 18.2 Å². The lowest BCUT2D eigenvalue weighted by molar-refractivity contribution is -0.139. The molecule has 0 aromatic heterocycles. The summed E-state index contributed by atoms with van der Waals surface area (Å²) >= 11 is 0. The van der Waals surface area contributed by atoms with Gasteiger partial charge in [0.25, 0.3) is 0 Å². The quantitative estimate of drug-likeness (QED) is 0.751. The monoisotopic (exact) mass is 246 g/mol. The highest BCUT2D eigenvalue weighted by Gasteiger charge is 2.48. The van der Waals surface area contributed by atoms with Crippen LogP contribution in [-0.4, -0.2) is 23.5 Å². The van der Waals surface area contributed by atoms with E-state index in [1.165, 1.54) is 5.56 Å². The molecule has 2 aliphatic rings. The SMILES string of the molecule is O=C(O)[C@@H]1C[C@H]1C(=O)Nc1ccc2c(c1)CCN2. The summed E-state index contributed by atoms with van der Waals surface area (Å²) < 4.78 is 0. The van der Waals surface area contributed by atoms with Crippen LogP contribution in [0.3, 0.4) is 0 Å². The largest absolute Gasteiger partial charge is 0.481 e. The first-order valence-corrected chi connectivity index (χ1v) is 6.05. The van der Waals surface area contributed by atoms with Gasteiger partial charge in [0.15, 0.2) is 0 Å². The van der Waals surface area contributed by atoms with E-state index in [4.69, 9.17) is 5.11 Å². The Bertz CT molecular complexity index is 527. The number of hydrogen-bond donors (Lipinski definition) is 3. The number of rotatable bonds is 3. The molecule has 0 radical (unpaired) electrons. The Morgan fingerprint density at radius 2 is 2.17 bits per heavy atom. The molecule has 1 fully saturated rings. The predicted molar refractivity (Wildman–Crippen MR) is 66.5 cm³/mol. The molecule has 2 atom stereocenters. The highest BCUT2D eigenvalue weighted by atomic mass is 16.4. The second kappa shape index (κ2) is 4.01. The van der Waals surface area contributed by atoms with Crippen LogP contribution >= 0.6 is 0 Å². The summed E-state index contributed by atoms with van der Waals surface area (Å²) in [6, 6.07) is 5.73. The molecule has 0 unspecified atom stereocenters. The van der Waals surface area contributed by atoms with Crippen molar-refractivity contribution >= 4 is 23.3 Å². The van der Waals surface area contributed by atoms with E-state index >= 15 is 0 Å². The summed E-state index contributed by atoms with van der Waals surface area (Å²) in [6.45, 7) is 0.927. The fourth-order valence-corrected chi connectivity index (χ4v) is 2.38. The van der Waals surface area contributed by atoms with Crippen LogP contribution in [0.1, 0.15) is 12.0 Å². The van der Waals surface area contributed by atoms with Gasteiger partial charge in [0.05, 0.1) is 11.8 Å². The average molecular weight is 246 g/mol. The standard InChI is InChI=1S/C13H14N2O3/c16-12(9-6-10(9)13(17)18)15-8-1-2-11-7(5-8)3-4-14-11/h1-2,5,9-10,14H,3-4,6H2,(H,15,16)(H,17,18)/t9-,10-/m1/s1. The zero-order chi connectivity index (χ0) is 12.7. The molecule has 0 bridgehead atoms. The number of amides is 1. The molecule has 0 spiro atoms. The van der Waals surface area contributed by atoms with Crippen LogP contribution in [0.2, 0.25) is 0 Å². The van der Waals surface area contributed by atoms with E-state index < -0.39 is 11.9 Å². The average Bonchev–Trinajstić information content (AvgIpc) is 3.02. The second-order valence-electron chi connectivity index (χ2n) is 4.82. The first kappa shape index (κ1) is 11.1. The van der Waals surface area contributed by atoms with Crippen LogP contribution in [0.5, 0.6) is 0 Å². The second-order valence-corrected chi connectivity index (χ2v) is 4.82. The van der Waals surface area contributed by atoms with Gasteiger partial charge in [-0.25, -0.2) is 0 Å². The number of carboxylic acids is 1. The Hall–Kier alpha value is -2.04. The van der Waals surface area contributed by atoms with Gasteiger partial charge in [-0.05, 0) is 36.6 Å². The van der Waals surface area contributed by atoms with Crippen molar-refractivity contribution in [1.82, 2.24) is 0 Å². The molecule has 3 rings (SSSR count). The van der Waals surface area contributed by atoms with Crippen LogP contribution in [0.15, 0.2) is 18.2 Å². The number of carbonyl (C=O) groups is 2. The van der Waals surface area contributed by atoms with E-state index in [1.54, 1.807) is 0 Å². The van der Waals surface area contributed by atoms with Gasteiger partial charge in [0, 0.05) is 17.9 Å². The zero-order valence-corrected chi connectivity index (χ0v) is 9.77. The molecular formula is C13H14N2O3. The van der Waals surface area contributed by atoms with Gasteiger partial charge in [-0.1, -0.05) is 0 Å². The number of fused-ring (bicyclic) bond motifs is 1. The van der Waals surface area contributed by atoms with Crippen molar-refractivity contribution in [3.05, 3.63) is 23.8 Å². The van der Waals surface area contributed by atoms with Gasteiger partial charge in [-0.15, -0.1) is 0 Å². The van der Waals surface area contributed by atoms with Crippen molar-refractivity contribution in [1.29, 1.82) is 0 Å². The van der Waals surface area contributed by atoms with Crippen LogP contribution in [-0.2, 0) is 16.0 Å².